The molecule has 5 nitrogen and oxygen atoms in total. The van der Waals surface area contributed by atoms with Crippen LogP contribution in [0.5, 0.6) is 0 Å². The van der Waals surface area contributed by atoms with Gasteiger partial charge in [-0.1, -0.05) is 0 Å². The van der Waals surface area contributed by atoms with Crippen molar-refractivity contribution in [2.24, 2.45) is 0 Å². The van der Waals surface area contributed by atoms with Gasteiger partial charge in [0.1, 0.15) is 5.69 Å². The Bertz CT molecular complexity index is 524. The lowest BCUT2D eigenvalue weighted by Crippen LogP contribution is -2.27. The van der Waals surface area contributed by atoms with Crippen LogP contribution in [0, 0.1) is 0 Å². The molecule has 92 valence electrons. The van der Waals surface area contributed by atoms with Gasteiger partial charge in [0.2, 0.25) is 0 Å². The van der Waals surface area contributed by atoms with E-state index in [9.17, 15) is 4.79 Å². The third-order valence-corrected chi connectivity index (χ3v) is 2.52. The highest BCUT2D eigenvalue weighted by Gasteiger charge is 2.12. The molecule has 18 heavy (non-hydrogen) atoms. The van der Waals surface area contributed by atoms with Gasteiger partial charge in [0.15, 0.2) is 0 Å². The van der Waals surface area contributed by atoms with E-state index in [-0.39, 0.29) is 5.91 Å². The van der Waals surface area contributed by atoms with Gasteiger partial charge in [-0.05, 0) is 29.8 Å². The lowest BCUT2D eigenvalue weighted by Gasteiger charge is -2.16. The molecule has 0 atom stereocenters. The molecule has 5 heteroatoms. The number of nitrogen functional groups attached to an aromatic ring is 1. The molecular weight excluding hydrogens is 228 g/mol. The molecule has 0 spiro atoms. The first-order valence-electron chi connectivity index (χ1n) is 5.52. The summed E-state index contributed by atoms with van der Waals surface area (Å²) in [6.45, 7) is 0.521. The van der Waals surface area contributed by atoms with Gasteiger partial charge in [0.05, 0.1) is 11.9 Å². The minimum atomic E-state index is -0.133. The normalized spacial score (nSPS) is 10.1. The maximum absolute atomic E-state index is 12.1. The van der Waals surface area contributed by atoms with E-state index in [2.05, 4.69) is 9.97 Å². The molecule has 0 bridgehead atoms. The molecule has 0 aliphatic carbocycles. The molecule has 2 heterocycles. The van der Waals surface area contributed by atoms with Gasteiger partial charge in [-0.15, -0.1) is 0 Å². The van der Waals surface area contributed by atoms with E-state index >= 15 is 0 Å². The van der Waals surface area contributed by atoms with Crippen molar-refractivity contribution in [3.63, 3.8) is 0 Å². The number of carbonyl (C=O) groups is 1. The average Bonchev–Trinajstić information content (AvgIpc) is 2.40. The SMILES string of the molecule is CN(Cc1ccncc1)C(=O)c1ccc(N)cn1. The summed E-state index contributed by atoms with van der Waals surface area (Å²) in [5.74, 6) is -0.133. The van der Waals surface area contributed by atoms with E-state index in [0.717, 1.165) is 5.56 Å². The monoisotopic (exact) mass is 242 g/mol. The third-order valence-electron chi connectivity index (χ3n) is 2.52. The molecule has 2 aromatic heterocycles. The lowest BCUT2D eigenvalue weighted by molar-refractivity contribution is 0.0779. The standard InChI is InChI=1S/C13H14N4O/c1-17(9-10-4-6-15-7-5-10)13(18)12-3-2-11(14)8-16-12/h2-8H,9,14H2,1H3. The fraction of sp³-hybridized carbons (Fsp3) is 0.154. The van der Waals surface area contributed by atoms with Crippen LogP contribution in [0.2, 0.25) is 0 Å². The van der Waals surface area contributed by atoms with Gasteiger partial charge >= 0.3 is 0 Å². The number of rotatable bonds is 3. The lowest BCUT2D eigenvalue weighted by atomic mass is 10.2. The molecular formula is C13H14N4O. The van der Waals surface area contributed by atoms with Crippen LogP contribution in [-0.4, -0.2) is 27.8 Å². The first kappa shape index (κ1) is 12.0. The van der Waals surface area contributed by atoms with Gasteiger partial charge in [-0.3, -0.25) is 9.78 Å². The molecule has 0 radical (unpaired) electrons. The van der Waals surface area contributed by atoms with Gasteiger partial charge in [-0.25, -0.2) is 4.98 Å². The van der Waals surface area contributed by atoms with Crippen LogP contribution in [0.25, 0.3) is 0 Å². The van der Waals surface area contributed by atoms with E-state index in [1.165, 1.54) is 6.20 Å². The Kier molecular flexibility index (Phi) is 3.52. The summed E-state index contributed by atoms with van der Waals surface area (Å²) < 4.78 is 0. The zero-order chi connectivity index (χ0) is 13.0. The first-order valence-corrected chi connectivity index (χ1v) is 5.52. The summed E-state index contributed by atoms with van der Waals surface area (Å²) in [5.41, 5.74) is 7.49. The maximum atomic E-state index is 12.1. The fourth-order valence-electron chi connectivity index (χ4n) is 1.56. The average molecular weight is 242 g/mol. The van der Waals surface area contributed by atoms with Crippen LogP contribution < -0.4 is 5.73 Å². The third kappa shape index (κ3) is 2.82. The number of hydrogen-bond donors (Lipinski definition) is 1. The number of nitrogens with two attached hydrogens (primary N) is 1. The van der Waals surface area contributed by atoms with Gasteiger partial charge in [0, 0.05) is 26.0 Å². The van der Waals surface area contributed by atoms with Gasteiger partial charge in [-0.2, -0.15) is 0 Å². The van der Waals surface area contributed by atoms with Crippen LogP contribution in [-0.2, 0) is 6.54 Å². The van der Waals surface area contributed by atoms with Gasteiger partial charge in [0.25, 0.3) is 5.91 Å². The number of aromatic nitrogens is 2. The summed E-state index contributed by atoms with van der Waals surface area (Å²) in [6.07, 6.45) is 4.89. The fourth-order valence-corrected chi connectivity index (χ4v) is 1.56. The minimum Gasteiger partial charge on any atom is -0.397 e. The Hall–Kier alpha value is -2.43. The van der Waals surface area contributed by atoms with E-state index in [4.69, 9.17) is 5.73 Å². The number of anilines is 1. The number of pyridine rings is 2. The predicted octanol–water partition coefficient (Wildman–Crippen LogP) is 1.33. The summed E-state index contributed by atoms with van der Waals surface area (Å²) >= 11 is 0. The zero-order valence-electron chi connectivity index (χ0n) is 10.1. The Morgan fingerprint density at radius 2 is 2.00 bits per heavy atom. The van der Waals surface area contributed by atoms with Crippen molar-refractivity contribution >= 4 is 11.6 Å². The van der Waals surface area contributed by atoms with Crippen molar-refractivity contribution in [3.8, 4) is 0 Å². The van der Waals surface area contributed by atoms with E-state index < -0.39 is 0 Å². The highest BCUT2D eigenvalue weighted by molar-refractivity contribution is 5.92. The Labute approximate surface area is 105 Å². The zero-order valence-corrected chi connectivity index (χ0v) is 10.1. The molecule has 0 aliphatic rings. The highest BCUT2D eigenvalue weighted by atomic mass is 16.2. The van der Waals surface area contributed by atoms with E-state index in [1.54, 1.807) is 36.5 Å². The van der Waals surface area contributed by atoms with Crippen LogP contribution in [0.1, 0.15) is 16.1 Å². The molecule has 1 amide bonds. The second kappa shape index (κ2) is 5.27. The molecule has 0 fully saturated rings. The van der Waals surface area contributed by atoms with Crippen LogP contribution >= 0.6 is 0 Å². The Balaban J connectivity index is 2.07. The van der Waals surface area contributed by atoms with Gasteiger partial charge < -0.3 is 10.6 Å². The molecule has 0 saturated carbocycles. The summed E-state index contributed by atoms with van der Waals surface area (Å²) in [7, 11) is 1.74. The molecule has 2 rings (SSSR count). The Morgan fingerprint density at radius 1 is 1.28 bits per heavy atom. The highest BCUT2D eigenvalue weighted by Crippen LogP contribution is 2.07. The van der Waals surface area contributed by atoms with Crippen molar-refractivity contribution < 1.29 is 4.79 Å². The second-order valence-corrected chi connectivity index (χ2v) is 3.99. The van der Waals surface area contributed by atoms with Crippen molar-refractivity contribution in [1.82, 2.24) is 14.9 Å². The minimum absolute atomic E-state index is 0.133. The van der Waals surface area contributed by atoms with Crippen molar-refractivity contribution in [1.29, 1.82) is 0 Å². The molecule has 0 aliphatic heterocycles. The number of amides is 1. The van der Waals surface area contributed by atoms with Crippen molar-refractivity contribution in [3.05, 3.63) is 54.1 Å². The van der Waals surface area contributed by atoms with Crippen LogP contribution in [0.3, 0.4) is 0 Å². The Morgan fingerprint density at radius 3 is 2.61 bits per heavy atom. The molecule has 0 unspecified atom stereocenters. The number of hydrogen-bond acceptors (Lipinski definition) is 4. The predicted molar refractivity (Wildman–Crippen MR) is 68.7 cm³/mol. The summed E-state index contributed by atoms with van der Waals surface area (Å²) in [6, 6.07) is 7.04. The molecule has 0 aromatic carbocycles. The topological polar surface area (TPSA) is 72.1 Å². The molecule has 2 aromatic rings. The largest absolute Gasteiger partial charge is 0.397 e. The van der Waals surface area contributed by atoms with Crippen molar-refractivity contribution in [2.45, 2.75) is 6.54 Å². The molecule has 2 N–H and O–H groups in total. The van der Waals surface area contributed by atoms with Crippen LogP contribution in [0.4, 0.5) is 5.69 Å². The smallest absolute Gasteiger partial charge is 0.272 e. The maximum Gasteiger partial charge on any atom is 0.272 e. The molecule has 0 saturated heterocycles. The second-order valence-electron chi connectivity index (χ2n) is 3.99. The van der Waals surface area contributed by atoms with E-state index in [1.807, 2.05) is 12.1 Å². The summed E-state index contributed by atoms with van der Waals surface area (Å²) in [4.78, 5) is 21.6. The quantitative estimate of drug-likeness (QED) is 0.881. The number of nitrogens with zero attached hydrogens (tertiary/aromatic N) is 3. The van der Waals surface area contributed by atoms with Crippen LogP contribution in [0.15, 0.2) is 42.9 Å². The van der Waals surface area contributed by atoms with E-state index in [0.29, 0.717) is 17.9 Å². The first-order chi connectivity index (χ1) is 8.66. The number of carbonyl (C=O) groups excluding carboxylic acids is 1. The van der Waals surface area contributed by atoms with Crippen molar-refractivity contribution in [2.75, 3.05) is 12.8 Å². The summed E-state index contributed by atoms with van der Waals surface area (Å²) in [5, 5.41) is 0.